The number of amides is 1. The van der Waals surface area contributed by atoms with E-state index < -0.39 is 0 Å². The molecule has 0 spiro atoms. The fourth-order valence-corrected chi connectivity index (χ4v) is 0.309. The Kier molecular flexibility index (Phi) is 0.449. The molecule has 0 saturated carbocycles. The monoisotopic (exact) mass is 135 g/mol. The van der Waals surface area contributed by atoms with Crippen molar-refractivity contribution in [2.75, 3.05) is 0 Å². The lowest BCUT2D eigenvalue weighted by atomic mass is 11.0. The second-order valence-corrected chi connectivity index (χ2v) is 1.79. The maximum Gasteiger partial charge on any atom is 0.254 e. The van der Waals surface area contributed by atoms with E-state index in [1.165, 1.54) is 0 Å². The third-order valence-corrected chi connectivity index (χ3v) is 1.06. The average Bonchev–Trinajstić information content (AvgIpc) is 1.79. The van der Waals surface area contributed by atoms with Crippen molar-refractivity contribution in [3.63, 3.8) is 0 Å². The molecule has 0 aliphatic carbocycles. The van der Waals surface area contributed by atoms with Gasteiger partial charge in [0.15, 0.2) is 4.95 Å². The van der Waals surface area contributed by atoms with Gasteiger partial charge in [0, 0.05) is 0 Å². The quantitative estimate of drug-likeness (QED) is 0.280. The maximum absolute atomic E-state index is 9.73. The number of carbonyl (C=O) groups excluding carboxylic acids is 1. The van der Waals surface area contributed by atoms with Crippen LogP contribution in [0.3, 0.4) is 0 Å². The van der Waals surface area contributed by atoms with E-state index in [1.807, 2.05) is 0 Å². The molecule has 1 fully saturated rings. The Labute approximate surface area is 37.7 Å². The second kappa shape index (κ2) is 0.712. The van der Waals surface area contributed by atoms with Gasteiger partial charge >= 0.3 is 0 Å². The highest BCUT2D eigenvalue weighted by Gasteiger charge is 2.29. The molecule has 3 heteroatoms. The van der Waals surface area contributed by atoms with Crippen LogP contribution in [0.25, 0.3) is 0 Å². The summed E-state index contributed by atoms with van der Waals surface area (Å²) in [5.74, 6) is 0.0880. The van der Waals surface area contributed by atoms with Crippen LogP contribution in [0.5, 0.6) is 0 Å². The lowest BCUT2D eigenvalue weighted by Gasteiger charge is -1.46. The lowest BCUT2D eigenvalue weighted by molar-refractivity contribution is -0.110. The number of halogens is 1. The SMILES string of the molecule is O=C1NC1Br. The Morgan fingerprint density at radius 3 is 2.20 bits per heavy atom. The molecule has 1 amide bonds. The molecule has 0 aromatic carbocycles. The smallest absolute Gasteiger partial charge is 0.254 e. The van der Waals surface area contributed by atoms with E-state index in [-0.39, 0.29) is 10.9 Å². The molecule has 1 N–H and O–H groups in total. The van der Waals surface area contributed by atoms with Crippen LogP contribution in [0, 0.1) is 0 Å². The normalized spacial score (nSPS) is 33.0. The largest absolute Gasteiger partial charge is 0.333 e. The molecule has 1 atom stereocenters. The van der Waals surface area contributed by atoms with E-state index in [9.17, 15) is 4.79 Å². The highest BCUT2D eigenvalue weighted by Crippen LogP contribution is 2.05. The minimum atomic E-state index is -0.0255. The van der Waals surface area contributed by atoms with Crippen LogP contribution in [-0.4, -0.2) is 10.9 Å². The molecule has 1 aliphatic heterocycles. The zero-order valence-corrected chi connectivity index (χ0v) is 3.95. The number of nitrogens with one attached hydrogen (secondary N) is 1. The van der Waals surface area contributed by atoms with Gasteiger partial charge in [-0.2, -0.15) is 0 Å². The van der Waals surface area contributed by atoms with Gasteiger partial charge in [0.2, 0.25) is 0 Å². The van der Waals surface area contributed by atoms with Crippen molar-refractivity contribution >= 4 is 21.8 Å². The molecule has 1 unspecified atom stereocenters. The van der Waals surface area contributed by atoms with Gasteiger partial charge in [-0.05, 0) is 0 Å². The number of carbonyl (C=O) groups is 1. The zero-order chi connectivity index (χ0) is 3.86. The first-order chi connectivity index (χ1) is 2.30. The van der Waals surface area contributed by atoms with Gasteiger partial charge in [-0.1, -0.05) is 15.9 Å². The summed E-state index contributed by atoms with van der Waals surface area (Å²) < 4.78 is 0. The minimum absolute atomic E-state index is 0.0255. The zero-order valence-electron chi connectivity index (χ0n) is 2.36. The van der Waals surface area contributed by atoms with Gasteiger partial charge < -0.3 is 5.32 Å². The molecule has 0 radical (unpaired) electrons. The van der Waals surface area contributed by atoms with Crippen LogP contribution in [0.2, 0.25) is 0 Å². The van der Waals surface area contributed by atoms with Gasteiger partial charge in [0.1, 0.15) is 0 Å². The Hall–Kier alpha value is -0.0500. The Morgan fingerprint density at radius 1 is 2.00 bits per heavy atom. The van der Waals surface area contributed by atoms with Crippen molar-refractivity contribution in [1.82, 2.24) is 5.32 Å². The van der Waals surface area contributed by atoms with Crippen molar-refractivity contribution < 1.29 is 4.79 Å². The molecule has 5 heavy (non-hydrogen) atoms. The molecule has 0 aromatic heterocycles. The van der Waals surface area contributed by atoms with E-state index in [2.05, 4.69) is 21.2 Å². The van der Waals surface area contributed by atoms with E-state index in [1.54, 1.807) is 0 Å². The molecular weight excluding hydrogens is 134 g/mol. The van der Waals surface area contributed by atoms with Crippen molar-refractivity contribution in [3.05, 3.63) is 0 Å². The lowest BCUT2D eigenvalue weighted by Crippen LogP contribution is -1.67. The summed E-state index contributed by atoms with van der Waals surface area (Å²) in [6.45, 7) is 0. The van der Waals surface area contributed by atoms with Crippen LogP contribution < -0.4 is 5.32 Å². The number of hydrogen-bond donors (Lipinski definition) is 1. The Balaban J connectivity index is 2.47. The molecule has 28 valence electrons. The van der Waals surface area contributed by atoms with Crippen molar-refractivity contribution in [3.8, 4) is 0 Å². The number of rotatable bonds is 0. The standard InChI is InChI=1S/C2H2BrNO/c3-1-2(5)4-1/h1H,(H,4,5). The highest BCUT2D eigenvalue weighted by molar-refractivity contribution is 9.10. The Bertz CT molecular complexity index is 72.0. The summed E-state index contributed by atoms with van der Waals surface area (Å²) in [6.07, 6.45) is 0. The molecule has 1 rings (SSSR count). The van der Waals surface area contributed by atoms with Crippen molar-refractivity contribution in [2.45, 2.75) is 4.95 Å². The molecule has 2 nitrogen and oxygen atoms in total. The predicted molar refractivity (Wildman–Crippen MR) is 20.9 cm³/mol. The van der Waals surface area contributed by atoms with Gasteiger partial charge in [-0.15, -0.1) is 0 Å². The summed E-state index contributed by atoms with van der Waals surface area (Å²) in [4.78, 5) is 9.70. The van der Waals surface area contributed by atoms with E-state index >= 15 is 0 Å². The van der Waals surface area contributed by atoms with Gasteiger partial charge in [0.05, 0.1) is 0 Å². The van der Waals surface area contributed by atoms with Crippen molar-refractivity contribution in [2.24, 2.45) is 0 Å². The first kappa shape index (κ1) is 3.15. The fraction of sp³-hybridized carbons (Fsp3) is 0.500. The van der Waals surface area contributed by atoms with E-state index in [4.69, 9.17) is 0 Å². The van der Waals surface area contributed by atoms with Crippen LogP contribution in [0.15, 0.2) is 0 Å². The van der Waals surface area contributed by atoms with Crippen LogP contribution in [-0.2, 0) is 4.79 Å². The number of alkyl halides is 1. The second-order valence-electron chi connectivity index (χ2n) is 0.871. The average molecular weight is 136 g/mol. The first-order valence-electron chi connectivity index (χ1n) is 1.25. The fourth-order valence-electron chi connectivity index (χ4n) is 0.0832. The summed E-state index contributed by atoms with van der Waals surface area (Å²) >= 11 is 2.99. The minimum Gasteiger partial charge on any atom is -0.333 e. The molecule has 1 heterocycles. The predicted octanol–water partition coefficient (Wildman–Crippen LogP) is -0.163. The Morgan fingerprint density at radius 2 is 2.20 bits per heavy atom. The van der Waals surface area contributed by atoms with Gasteiger partial charge in [-0.3, -0.25) is 4.79 Å². The molecule has 1 aliphatic rings. The van der Waals surface area contributed by atoms with Crippen LogP contribution in [0.4, 0.5) is 0 Å². The summed E-state index contributed by atoms with van der Waals surface area (Å²) in [5.41, 5.74) is 0. The summed E-state index contributed by atoms with van der Waals surface area (Å²) in [5, 5.41) is 2.47. The first-order valence-corrected chi connectivity index (χ1v) is 2.17. The van der Waals surface area contributed by atoms with Gasteiger partial charge in [-0.25, -0.2) is 0 Å². The van der Waals surface area contributed by atoms with E-state index in [0.717, 1.165) is 0 Å². The maximum atomic E-state index is 9.73. The summed E-state index contributed by atoms with van der Waals surface area (Å²) in [6, 6.07) is 0. The van der Waals surface area contributed by atoms with E-state index in [0.29, 0.717) is 0 Å². The van der Waals surface area contributed by atoms with Crippen molar-refractivity contribution in [1.29, 1.82) is 0 Å². The molecule has 0 bridgehead atoms. The third-order valence-electron chi connectivity index (χ3n) is 0.416. The highest BCUT2D eigenvalue weighted by atomic mass is 79.9. The topological polar surface area (TPSA) is 39.0 Å². The third kappa shape index (κ3) is 0.424. The van der Waals surface area contributed by atoms with Crippen LogP contribution >= 0.6 is 15.9 Å². The van der Waals surface area contributed by atoms with Crippen LogP contribution in [0.1, 0.15) is 0 Å². The van der Waals surface area contributed by atoms with Gasteiger partial charge in [0.25, 0.3) is 5.91 Å². The molecule has 0 aromatic rings. The summed E-state index contributed by atoms with van der Waals surface area (Å²) in [7, 11) is 0. The molecular formula is C2H2BrNO. The number of hydrogen-bond acceptors (Lipinski definition) is 1. The molecule has 1 saturated heterocycles.